The van der Waals surface area contributed by atoms with Gasteiger partial charge in [0.2, 0.25) is 5.91 Å². The van der Waals surface area contributed by atoms with Crippen LogP contribution in [0, 0.1) is 0 Å². The zero-order valence-corrected chi connectivity index (χ0v) is 36.2. The molecule has 0 radical (unpaired) electrons. The number of halogens is 8. The minimum Gasteiger partial charge on any atom is -0.457 e. The maximum absolute atomic E-state index is 12.9. The number of pyridine rings is 2. The molecular weight excluding hydrogens is 921 g/mol. The highest BCUT2D eigenvalue weighted by atomic mass is 35.5. The third kappa shape index (κ3) is 15.9. The number of hydrogen-bond acceptors (Lipinski definition) is 9. The van der Waals surface area contributed by atoms with Crippen LogP contribution >= 0.6 is 23.2 Å². The van der Waals surface area contributed by atoms with Crippen molar-refractivity contribution in [2.75, 3.05) is 35.8 Å². The Bertz CT molecular complexity index is 2640. The number of amides is 5. The van der Waals surface area contributed by atoms with Crippen LogP contribution in [-0.4, -0.2) is 47.8 Å². The van der Waals surface area contributed by atoms with Crippen molar-refractivity contribution in [1.29, 1.82) is 0 Å². The molecule has 0 aliphatic rings. The van der Waals surface area contributed by atoms with Gasteiger partial charge in [-0.2, -0.15) is 26.3 Å². The Morgan fingerprint density at radius 1 is 0.561 bits per heavy atom. The van der Waals surface area contributed by atoms with E-state index in [0.29, 0.717) is 40.1 Å². The molecule has 0 spiro atoms. The lowest BCUT2D eigenvalue weighted by molar-refractivity contribution is -0.138. The van der Waals surface area contributed by atoms with Gasteiger partial charge in [-0.25, -0.2) is 4.79 Å². The topological polar surface area (TPSA) is 199 Å². The van der Waals surface area contributed by atoms with Crippen LogP contribution < -0.4 is 41.8 Å². The second-order valence-electron chi connectivity index (χ2n) is 13.1. The van der Waals surface area contributed by atoms with Crippen molar-refractivity contribution >= 4 is 69.7 Å². The van der Waals surface area contributed by atoms with Crippen molar-refractivity contribution in [2.45, 2.75) is 25.7 Å². The number of nitrogens with one attached hydrogen (secondary N) is 5. The summed E-state index contributed by atoms with van der Waals surface area (Å²) in [5.74, 6) is 1.06. The van der Waals surface area contributed by atoms with Crippen LogP contribution in [-0.2, 0) is 17.1 Å². The van der Waals surface area contributed by atoms with Gasteiger partial charge in [0.05, 0.1) is 21.2 Å². The van der Waals surface area contributed by atoms with Crippen LogP contribution in [0.3, 0.4) is 0 Å². The first-order chi connectivity index (χ1) is 31.2. The first kappa shape index (κ1) is 51.1. The predicted molar refractivity (Wildman–Crippen MR) is 237 cm³/mol. The molecule has 2 aromatic heterocycles. The Morgan fingerprint density at radius 2 is 0.955 bits per heavy atom. The van der Waals surface area contributed by atoms with Gasteiger partial charge in [0.25, 0.3) is 11.8 Å². The maximum atomic E-state index is 12.9. The average Bonchev–Trinajstić information content (AvgIpc) is 3.28. The summed E-state index contributed by atoms with van der Waals surface area (Å²) in [6.45, 7) is 1.61. The van der Waals surface area contributed by atoms with Crippen molar-refractivity contribution < 1.29 is 55.0 Å². The van der Waals surface area contributed by atoms with E-state index in [9.17, 15) is 45.5 Å². The van der Waals surface area contributed by atoms with Crippen molar-refractivity contribution in [2.24, 2.45) is 0 Å². The van der Waals surface area contributed by atoms with Crippen LogP contribution in [0.1, 0.15) is 45.4 Å². The van der Waals surface area contributed by atoms with E-state index in [0.717, 1.165) is 24.3 Å². The van der Waals surface area contributed by atoms with E-state index < -0.39 is 34.5 Å². The Balaban J connectivity index is 0.000000237. The largest absolute Gasteiger partial charge is 0.457 e. The SMILES string of the molecule is CCC(=O)Nc1ccc(Cl)c(C(F)(F)F)c1.CNC(=O)c1cc(Oc2ccc(N)cc2)ccn1.CNC(=O)c1cc(Oc2ccc(NC(=O)Nc3ccc(Cl)c(C(F)(F)F)c3)cc2)ccn1. The lowest BCUT2D eigenvalue weighted by Crippen LogP contribution is -2.19. The van der Waals surface area contributed by atoms with Crippen molar-refractivity contribution in [1.82, 2.24) is 20.6 Å². The minimum absolute atomic E-state index is 0.0659. The standard InChI is InChI=1S/C21H16ClF3N4O3.C13H13N3O2.C10H9ClF3NO/c1-26-19(30)18-11-15(8-9-27-18)32-14-5-2-12(3-6-14)28-20(31)29-13-4-7-17(22)16(10-13)21(23,24)25;1-15-13(17)12-8-11(6-7-16-12)18-10-4-2-9(14)3-5-10;1-2-9(16)15-6-3-4-8(11)7(5-6)10(12,13)14/h2-11H,1H3,(H,26,30)(H2,28,29,31);2-8H,14H2,1H3,(H,15,17);3-5H,2H2,1H3,(H,15,16). The molecule has 0 aliphatic carbocycles. The van der Waals surface area contributed by atoms with Gasteiger partial charge in [-0.1, -0.05) is 30.1 Å². The van der Waals surface area contributed by atoms with Crippen LogP contribution in [0.25, 0.3) is 0 Å². The first-order valence-electron chi connectivity index (χ1n) is 19.0. The second-order valence-corrected chi connectivity index (χ2v) is 13.9. The molecule has 0 fully saturated rings. The molecule has 0 saturated heterocycles. The van der Waals surface area contributed by atoms with E-state index in [1.807, 2.05) is 0 Å². The van der Waals surface area contributed by atoms with Gasteiger partial charge in [-0.3, -0.25) is 24.4 Å². The molecule has 0 saturated carbocycles. The normalized spacial score (nSPS) is 10.7. The Morgan fingerprint density at radius 3 is 1.36 bits per heavy atom. The van der Waals surface area contributed by atoms with Gasteiger partial charge in [0, 0.05) is 67.8 Å². The summed E-state index contributed by atoms with van der Waals surface area (Å²) in [4.78, 5) is 54.1. The highest BCUT2D eigenvalue weighted by Crippen LogP contribution is 2.37. The summed E-state index contributed by atoms with van der Waals surface area (Å²) < 4.78 is 87.4. The van der Waals surface area contributed by atoms with Crippen LogP contribution in [0.2, 0.25) is 10.0 Å². The second kappa shape index (κ2) is 23.4. The van der Waals surface area contributed by atoms with Gasteiger partial charge in [-0.15, -0.1) is 0 Å². The molecule has 0 atom stereocenters. The molecule has 5 amide bonds. The van der Waals surface area contributed by atoms with Crippen LogP contribution in [0.15, 0.2) is 122 Å². The van der Waals surface area contributed by atoms with E-state index in [-0.39, 0.29) is 46.2 Å². The quantitative estimate of drug-likeness (QED) is 0.0571. The minimum atomic E-state index is -4.64. The Kier molecular flexibility index (Phi) is 18.1. The number of anilines is 4. The zero-order chi connectivity index (χ0) is 48.6. The number of rotatable bonds is 10. The van der Waals surface area contributed by atoms with Crippen LogP contribution in [0.4, 0.5) is 53.9 Å². The molecule has 346 valence electrons. The summed E-state index contributed by atoms with van der Waals surface area (Å²) >= 11 is 11.0. The summed E-state index contributed by atoms with van der Waals surface area (Å²) in [5.41, 5.74) is 5.15. The molecule has 6 rings (SSSR count). The highest BCUT2D eigenvalue weighted by Gasteiger charge is 2.34. The Labute approximate surface area is 382 Å². The number of nitrogen functional groups attached to an aromatic ring is 1. The van der Waals surface area contributed by atoms with E-state index >= 15 is 0 Å². The highest BCUT2D eigenvalue weighted by molar-refractivity contribution is 6.32. The number of alkyl halides is 6. The average molecular weight is 960 g/mol. The zero-order valence-electron chi connectivity index (χ0n) is 34.7. The fourth-order valence-corrected chi connectivity index (χ4v) is 5.50. The predicted octanol–water partition coefficient (Wildman–Crippen LogP) is 11.1. The van der Waals surface area contributed by atoms with Gasteiger partial charge in [0.15, 0.2) is 0 Å². The number of carbonyl (C=O) groups is 4. The van der Waals surface area contributed by atoms with E-state index in [1.165, 1.54) is 37.6 Å². The maximum Gasteiger partial charge on any atom is 0.417 e. The lowest BCUT2D eigenvalue weighted by atomic mass is 10.2. The van der Waals surface area contributed by atoms with Crippen molar-refractivity contribution in [3.05, 3.63) is 154 Å². The number of ether oxygens (including phenoxy) is 2. The smallest absolute Gasteiger partial charge is 0.417 e. The molecule has 14 nitrogen and oxygen atoms in total. The van der Waals surface area contributed by atoms with Gasteiger partial charge >= 0.3 is 18.4 Å². The molecule has 0 unspecified atom stereocenters. The molecule has 0 aliphatic heterocycles. The van der Waals surface area contributed by atoms with Crippen LogP contribution in [0.5, 0.6) is 23.0 Å². The number of benzene rings is 4. The lowest BCUT2D eigenvalue weighted by Gasteiger charge is -2.12. The first-order valence-corrected chi connectivity index (χ1v) is 19.7. The van der Waals surface area contributed by atoms with Crippen molar-refractivity contribution in [3.63, 3.8) is 0 Å². The van der Waals surface area contributed by atoms with Gasteiger partial charge < -0.3 is 41.8 Å². The number of hydrogen-bond donors (Lipinski definition) is 6. The third-order valence-electron chi connectivity index (χ3n) is 8.25. The number of aromatic nitrogens is 2. The summed E-state index contributed by atoms with van der Waals surface area (Å²) in [7, 11) is 3.04. The fourth-order valence-electron chi connectivity index (χ4n) is 5.05. The van der Waals surface area contributed by atoms with E-state index in [2.05, 4.69) is 36.6 Å². The number of carbonyl (C=O) groups excluding carboxylic acids is 4. The van der Waals surface area contributed by atoms with Gasteiger partial charge in [-0.05, 0) is 97.1 Å². The summed E-state index contributed by atoms with van der Waals surface area (Å²) in [5, 5.41) is 11.3. The summed E-state index contributed by atoms with van der Waals surface area (Å²) in [6.07, 6.45) is -6.01. The third-order valence-corrected chi connectivity index (χ3v) is 8.91. The van der Waals surface area contributed by atoms with Crippen molar-refractivity contribution in [3.8, 4) is 23.0 Å². The fraction of sp³-hybridized carbons (Fsp3) is 0.136. The molecule has 22 heteroatoms. The number of nitrogens with two attached hydrogens (primary N) is 1. The monoisotopic (exact) mass is 958 g/mol. The molecule has 7 N–H and O–H groups in total. The number of urea groups is 1. The number of nitrogens with zero attached hydrogens (tertiary/aromatic N) is 2. The van der Waals surface area contributed by atoms with Gasteiger partial charge in [0.1, 0.15) is 34.4 Å². The molecule has 2 heterocycles. The molecule has 6 aromatic rings. The Hall–Kier alpha value is -7.58. The van der Waals surface area contributed by atoms with E-state index in [1.54, 1.807) is 80.7 Å². The molecule has 0 bridgehead atoms. The molecule has 66 heavy (non-hydrogen) atoms. The summed E-state index contributed by atoms with van der Waals surface area (Å²) in [6, 6.07) is 25.1. The molecule has 4 aromatic carbocycles. The molecular formula is C44H38Cl2F6N8O6. The van der Waals surface area contributed by atoms with E-state index in [4.69, 9.17) is 38.4 Å².